The van der Waals surface area contributed by atoms with Crippen molar-refractivity contribution in [1.29, 1.82) is 0 Å². The number of phenolic OH excluding ortho intramolecular Hbond substituents is 1. The first-order valence-corrected chi connectivity index (χ1v) is 20.6. The van der Waals surface area contributed by atoms with Gasteiger partial charge in [-0.25, -0.2) is 19.2 Å². The Morgan fingerprint density at radius 1 is 0.712 bits per heavy atom. The molecule has 1 unspecified atom stereocenters. The van der Waals surface area contributed by atoms with Crippen molar-refractivity contribution in [2.24, 2.45) is 5.92 Å². The van der Waals surface area contributed by atoms with E-state index in [0.29, 0.717) is 0 Å². The summed E-state index contributed by atoms with van der Waals surface area (Å²) in [6.07, 6.45) is -1.05. The first-order chi connectivity index (χ1) is 30.2. The van der Waals surface area contributed by atoms with E-state index < -0.39 is 83.3 Å². The molecule has 0 aliphatic rings. The fourth-order valence-electron chi connectivity index (χ4n) is 5.23. The van der Waals surface area contributed by atoms with Gasteiger partial charge in [0.15, 0.2) is 0 Å². The molecule has 24 heteroatoms. The van der Waals surface area contributed by atoms with Crippen LogP contribution < -0.4 is 14.2 Å². The SMILES string of the molecule is CC(C)(C)c1cc(CC(=O)O)cc(C(C)(C)C)c1O.COc1cc(OC)nc(OC(C(=O)O)C(C)C)n1.O=C(O)c1c(Cl)c(Cl)c(C(=O)O)c(Cl)c1Cl.O=C(O)c1cccc(Cl)c1[N+](=O)[O-]. The molecule has 4 aromatic rings. The fraction of sp³-hybridized carbons (Fsp3) is 0.357. The van der Waals surface area contributed by atoms with E-state index in [1.54, 1.807) is 26.0 Å². The third-order valence-corrected chi connectivity index (χ3v) is 10.4. The summed E-state index contributed by atoms with van der Waals surface area (Å²) in [5, 5.41) is 63.0. The van der Waals surface area contributed by atoms with Gasteiger partial charge in [-0.15, -0.1) is 0 Å². The van der Waals surface area contributed by atoms with Crippen molar-refractivity contribution in [3.8, 4) is 23.5 Å². The lowest BCUT2D eigenvalue weighted by atomic mass is 9.78. The normalized spacial score (nSPS) is 11.3. The van der Waals surface area contributed by atoms with Crippen LogP contribution in [0.15, 0.2) is 36.4 Å². The van der Waals surface area contributed by atoms with Gasteiger partial charge < -0.3 is 44.8 Å². The molecule has 4 rings (SSSR count). The van der Waals surface area contributed by atoms with Crippen LogP contribution in [0, 0.1) is 16.0 Å². The first kappa shape index (κ1) is 58.2. The summed E-state index contributed by atoms with van der Waals surface area (Å²) in [5.74, 6) is -5.65. The number of carboxylic acids is 5. The number of phenols is 1. The number of ether oxygens (including phenoxy) is 3. The minimum absolute atomic E-state index is 0.0214. The summed E-state index contributed by atoms with van der Waals surface area (Å²) in [7, 11) is 2.87. The third kappa shape index (κ3) is 16.2. The lowest BCUT2D eigenvalue weighted by molar-refractivity contribution is -0.385. The molecule has 360 valence electrons. The molecule has 0 bridgehead atoms. The molecule has 19 nitrogen and oxygen atoms in total. The number of rotatable bonds is 12. The number of aromatic carboxylic acids is 3. The number of carbonyl (C=O) groups is 5. The number of aliphatic carboxylic acids is 2. The minimum atomic E-state index is -1.45. The highest BCUT2D eigenvalue weighted by molar-refractivity contribution is 6.52. The standard InChI is InChI=1S/C16H24O3.C11H16N2O5.C8H2Cl4O4.C7H4ClNO4/c1-15(2,3)11-7-10(9-13(17)18)8-12(14(11)19)16(4,5)6;1-6(2)9(10(14)15)18-11-12-7(16-3)5-8(13-11)17-4;9-3-1(7(13)14)4(10)6(12)2(5(3)11)8(15)16;8-5-3-1-2-4(7(10)11)6(5)9(12)13/h7-8,19H,9H2,1-6H3,(H,17,18);5-6,9H,1-4H3,(H,14,15);(H,13,14)(H,15,16);1-3H,(H,10,11). The van der Waals surface area contributed by atoms with Gasteiger partial charge in [-0.1, -0.05) is 132 Å². The molecule has 1 atom stereocenters. The van der Waals surface area contributed by atoms with E-state index in [4.69, 9.17) is 97.7 Å². The predicted octanol–water partition coefficient (Wildman–Crippen LogP) is 10.2. The zero-order valence-corrected chi connectivity index (χ0v) is 40.6. The van der Waals surface area contributed by atoms with Crippen LogP contribution in [-0.2, 0) is 26.8 Å². The Labute approximate surface area is 402 Å². The van der Waals surface area contributed by atoms with Crippen LogP contribution in [0.4, 0.5) is 5.69 Å². The van der Waals surface area contributed by atoms with Crippen molar-refractivity contribution in [1.82, 2.24) is 9.97 Å². The number of nitrogens with zero attached hydrogens (tertiary/aromatic N) is 3. The highest BCUT2D eigenvalue weighted by atomic mass is 35.5. The van der Waals surface area contributed by atoms with Crippen molar-refractivity contribution in [3.05, 3.63) is 105 Å². The van der Waals surface area contributed by atoms with E-state index in [1.165, 1.54) is 32.4 Å². The maximum atomic E-state index is 11.0. The number of halogens is 5. The average molecular weight is 1030 g/mol. The van der Waals surface area contributed by atoms with Crippen molar-refractivity contribution >= 4 is 93.5 Å². The van der Waals surface area contributed by atoms with Gasteiger partial charge in [0, 0.05) is 5.92 Å². The largest absolute Gasteiger partial charge is 0.507 e. The predicted molar refractivity (Wildman–Crippen MR) is 244 cm³/mol. The second kappa shape index (κ2) is 24.6. The first-order valence-electron chi connectivity index (χ1n) is 18.7. The molecule has 6 N–H and O–H groups in total. The molecule has 0 aliphatic heterocycles. The van der Waals surface area contributed by atoms with Crippen LogP contribution in [0.1, 0.15) is 103 Å². The van der Waals surface area contributed by atoms with E-state index in [0.717, 1.165) is 22.8 Å². The molecule has 66 heavy (non-hydrogen) atoms. The van der Waals surface area contributed by atoms with Gasteiger partial charge in [0.1, 0.15) is 16.3 Å². The Balaban J connectivity index is 0.000000444. The average Bonchev–Trinajstić information content (AvgIpc) is 3.18. The van der Waals surface area contributed by atoms with E-state index >= 15 is 0 Å². The summed E-state index contributed by atoms with van der Waals surface area (Å²) < 4.78 is 15.1. The molecule has 0 saturated heterocycles. The van der Waals surface area contributed by atoms with Crippen LogP contribution in [-0.4, -0.2) is 95.7 Å². The molecule has 1 aromatic heterocycles. The maximum Gasteiger partial charge on any atom is 0.345 e. The van der Waals surface area contributed by atoms with Crippen LogP contribution in [0.25, 0.3) is 0 Å². The van der Waals surface area contributed by atoms with Gasteiger partial charge in [0.2, 0.25) is 17.9 Å². The molecule has 0 radical (unpaired) electrons. The number of hydrogen-bond donors (Lipinski definition) is 6. The van der Waals surface area contributed by atoms with Crippen molar-refractivity contribution in [2.75, 3.05) is 14.2 Å². The van der Waals surface area contributed by atoms with Gasteiger partial charge in [-0.3, -0.25) is 14.9 Å². The Bertz CT molecular complexity index is 2340. The summed E-state index contributed by atoms with van der Waals surface area (Å²) in [4.78, 5) is 71.4. The maximum absolute atomic E-state index is 11.0. The number of nitro groups is 1. The molecule has 0 fully saturated rings. The summed E-state index contributed by atoms with van der Waals surface area (Å²) in [6.45, 7) is 15.5. The smallest absolute Gasteiger partial charge is 0.345 e. The van der Waals surface area contributed by atoms with E-state index in [2.05, 4.69) is 9.97 Å². The number of methoxy groups -OCH3 is 2. The Kier molecular flexibility index (Phi) is 21.7. The van der Waals surface area contributed by atoms with Gasteiger partial charge in [0.25, 0.3) is 0 Å². The lowest BCUT2D eigenvalue weighted by Crippen LogP contribution is -2.32. The Hall–Kier alpha value is -5.86. The number of hydrogen-bond acceptors (Lipinski definition) is 13. The van der Waals surface area contributed by atoms with Gasteiger partial charge in [0.05, 0.1) is 62.8 Å². The zero-order chi connectivity index (χ0) is 51.3. The number of nitro benzene ring substituents is 1. The van der Waals surface area contributed by atoms with Crippen molar-refractivity contribution in [2.45, 2.75) is 78.7 Å². The molecular formula is C42H46Cl5N3O16. The molecule has 0 amide bonds. The van der Waals surface area contributed by atoms with Gasteiger partial charge >= 0.3 is 41.5 Å². The zero-order valence-electron chi connectivity index (χ0n) is 36.8. The van der Waals surface area contributed by atoms with Crippen LogP contribution in [0.3, 0.4) is 0 Å². The highest BCUT2D eigenvalue weighted by Crippen LogP contribution is 2.42. The summed E-state index contributed by atoms with van der Waals surface area (Å²) in [6, 6.07) is 8.74. The van der Waals surface area contributed by atoms with Gasteiger partial charge in [-0.05, 0) is 39.7 Å². The van der Waals surface area contributed by atoms with Crippen molar-refractivity contribution < 1.29 is 73.7 Å². The quantitative estimate of drug-likeness (QED) is 0.0436. The molecule has 0 spiro atoms. The van der Waals surface area contributed by atoms with E-state index in [-0.39, 0.29) is 51.7 Å². The van der Waals surface area contributed by atoms with Gasteiger partial charge in [-0.2, -0.15) is 9.97 Å². The van der Waals surface area contributed by atoms with Crippen LogP contribution in [0.5, 0.6) is 23.5 Å². The number of aromatic nitrogens is 2. The molecule has 1 heterocycles. The number of aromatic hydroxyl groups is 1. The van der Waals surface area contributed by atoms with Crippen molar-refractivity contribution in [3.63, 3.8) is 0 Å². The molecule has 3 aromatic carbocycles. The third-order valence-electron chi connectivity index (χ3n) is 8.39. The second-order valence-electron chi connectivity index (χ2n) is 15.8. The fourth-order valence-corrected chi connectivity index (χ4v) is 6.65. The number of para-hydroxylation sites is 1. The van der Waals surface area contributed by atoms with E-state index in [9.17, 15) is 39.2 Å². The number of benzene rings is 3. The minimum Gasteiger partial charge on any atom is -0.507 e. The molecule has 0 saturated carbocycles. The summed E-state index contributed by atoms with van der Waals surface area (Å²) >= 11 is 27.8. The highest BCUT2D eigenvalue weighted by Gasteiger charge is 2.29. The Morgan fingerprint density at radius 3 is 1.39 bits per heavy atom. The summed E-state index contributed by atoms with van der Waals surface area (Å²) in [5.41, 5.74) is -0.134. The second-order valence-corrected chi connectivity index (χ2v) is 17.7. The van der Waals surface area contributed by atoms with Crippen LogP contribution in [0.2, 0.25) is 25.1 Å². The van der Waals surface area contributed by atoms with E-state index in [1.807, 2.05) is 41.5 Å². The van der Waals surface area contributed by atoms with Crippen LogP contribution >= 0.6 is 58.0 Å². The number of carboxylic acid groups (broad SMARTS) is 5. The lowest BCUT2D eigenvalue weighted by Gasteiger charge is -2.28. The Morgan fingerprint density at radius 2 is 1.12 bits per heavy atom. The topological polar surface area (TPSA) is 303 Å². The molecule has 0 aliphatic carbocycles. The monoisotopic (exact) mass is 1020 g/mol. The molecular weight excluding hydrogens is 980 g/mol.